The number of hydrogen-bond donors (Lipinski definition) is 4. The van der Waals surface area contributed by atoms with Gasteiger partial charge in [0.1, 0.15) is 6.10 Å². The lowest BCUT2D eigenvalue weighted by Crippen LogP contribution is -2.54. The monoisotopic (exact) mass is 428 g/mol. The maximum Gasteiger partial charge on any atom is 0.253 e. The van der Waals surface area contributed by atoms with Crippen LogP contribution in [0.25, 0.3) is 5.70 Å². The van der Waals surface area contributed by atoms with Crippen molar-refractivity contribution in [3.63, 3.8) is 0 Å². The van der Waals surface area contributed by atoms with E-state index in [1.807, 2.05) is 44.0 Å². The van der Waals surface area contributed by atoms with E-state index in [2.05, 4.69) is 20.9 Å². The second-order valence-corrected chi connectivity index (χ2v) is 8.23. The molecule has 1 saturated heterocycles. The lowest BCUT2D eigenvalue weighted by atomic mass is 10.00. The van der Waals surface area contributed by atoms with E-state index < -0.39 is 6.10 Å². The molecular formula is C23H36N6O2. The molecule has 1 aliphatic heterocycles. The third kappa shape index (κ3) is 6.12. The number of ether oxygens (including phenoxy) is 1. The van der Waals surface area contributed by atoms with Gasteiger partial charge < -0.3 is 31.0 Å². The molecule has 8 heteroatoms. The number of pyridine rings is 1. The van der Waals surface area contributed by atoms with E-state index >= 15 is 0 Å². The molecule has 2 aliphatic rings. The van der Waals surface area contributed by atoms with E-state index in [1.54, 1.807) is 6.20 Å². The minimum atomic E-state index is -0.469. The van der Waals surface area contributed by atoms with Crippen LogP contribution >= 0.6 is 0 Å². The summed E-state index contributed by atoms with van der Waals surface area (Å²) in [5.74, 6) is -0.0129. The predicted molar refractivity (Wildman–Crippen MR) is 123 cm³/mol. The predicted octanol–water partition coefficient (Wildman–Crippen LogP) is 1.40. The van der Waals surface area contributed by atoms with Gasteiger partial charge in [-0.1, -0.05) is 6.07 Å². The Morgan fingerprint density at radius 2 is 2.19 bits per heavy atom. The zero-order valence-electron chi connectivity index (χ0n) is 18.9. The van der Waals surface area contributed by atoms with Gasteiger partial charge in [0.05, 0.1) is 29.8 Å². The molecule has 170 valence electrons. The zero-order chi connectivity index (χ0) is 22.2. The first-order valence-electron chi connectivity index (χ1n) is 11.3. The maximum atomic E-state index is 13.2. The molecule has 0 aromatic carbocycles. The average Bonchev–Trinajstić information content (AvgIpc) is 3.64. The summed E-state index contributed by atoms with van der Waals surface area (Å²) in [4.78, 5) is 19.6. The highest BCUT2D eigenvalue weighted by molar-refractivity contribution is 6.07. The normalized spacial score (nSPS) is 20.5. The number of morpholine rings is 1. The summed E-state index contributed by atoms with van der Waals surface area (Å²) in [6.45, 7) is 7.43. The Morgan fingerprint density at radius 3 is 2.81 bits per heavy atom. The van der Waals surface area contributed by atoms with Gasteiger partial charge in [-0.3, -0.25) is 9.78 Å². The molecule has 1 aromatic heterocycles. The molecule has 1 saturated carbocycles. The molecule has 3 rings (SSSR count). The lowest BCUT2D eigenvalue weighted by molar-refractivity contribution is -0.146. The molecule has 0 bridgehead atoms. The Kier molecular flexibility index (Phi) is 8.57. The molecule has 0 radical (unpaired) electrons. The van der Waals surface area contributed by atoms with E-state index in [0.717, 1.165) is 55.9 Å². The molecule has 0 unspecified atom stereocenters. The van der Waals surface area contributed by atoms with Gasteiger partial charge in [-0.15, -0.1) is 0 Å². The molecule has 1 aromatic rings. The van der Waals surface area contributed by atoms with Crippen molar-refractivity contribution in [3.8, 4) is 0 Å². The Hall–Kier alpha value is -2.29. The summed E-state index contributed by atoms with van der Waals surface area (Å²) in [7, 11) is 1.94. The van der Waals surface area contributed by atoms with Crippen LogP contribution < -0.4 is 16.0 Å². The topological polar surface area (TPSA) is 102 Å². The fourth-order valence-electron chi connectivity index (χ4n) is 3.92. The number of hydrogen-bond acceptors (Lipinski definition) is 7. The van der Waals surface area contributed by atoms with Crippen LogP contribution in [0, 0.1) is 5.41 Å². The minimum Gasteiger partial charge on any atom is -0.383 e. The van der Waals surface area contributed by atoms with Crippen molar-refractivity contribution in [1.82, 2.24) is 25.8 Å². The van der Waals surface area contributed by atoms with Crippen LogP contribution in [-0.2, 0) is 9.53 Å². The van der Waals surface area contributed by atoms with E-state index in [4.69, 9.17) is 10.1 Å². The van der Waals surface area contributed by atoms with Gasteiger partial charge in [0.2, 0.25) is 0 Å². The van der Waals surface area contributed by atoms with Crippen molar-refractivity contribution < 1.29 is 9.53 Å². The summed E-state index contributed by atoms with van der Waals surface area (Å²) < 4.78 is 5.72. The van der Waals surface area contributed by atoms with Crippen molar-refractivity contribution in [2.45, 2.75) is 51.3 Å². The third-order valence-corrected chi connectivity index (χ3v) is 5.84. The minimum absolute atomic E-state index is 0.0129. The zero-order valence-corrected chi connectivity index (χ0v) is 18.9. The van der Waals surface area contributed by atoms with Gasteiger partial charge in [0.25, 0.3) is 5.91 Å². The van der Waals surface area contributed by atoms with Crippen molar-refractivity contribution in [2.75, 3.05) is 39.8 Å². The lowest BCUT2D eigenvalue weighted by Gasteiger charge is -2.35. The van der Waals surface area contributed by atoms with Crippen LogP contribution in [0.3, 0.4) is 0 Å². The molecule has 4 N–H and O–H groups in total. The molecule has 0 spiro atoms. The molecule has 2 heterocycles. The summed E-state index contributed by atoms with van der Waals surface area (Å²) >= 11 is 0. The smallest absolute Gasteiger partial charge is 0.253 e. The molecule has 1 aliphatic carbocycles. The Balaban J connectivity index is 1.81. The van der Waals surface area contributed by atoms with Crippen molar-refractivity contribution >= 4 is 17.3 Å². The van der Waals surface area contributed by atoms with Crippen LogP contribution in [-0.4, -0.2) is 79.5 Å². The summed E-state index contributed by atoms with van der Waals surface area (Å²) in [5, 5.41) is 18.8. The van der Waals surface area contributed by atoms with E-state index in [1.165, 1.54) is 0 Å². The van der Waals surface area contributed by atoms with Gasteiger partial charge in [-0.05, 0) is 64.4 Å². The second-order valence-electron chi connectivity index (χ2n) is 8.23. The number of amides is 1. The summed E-state index contributed by atoms with van der Waals surface area (Å²) in [6.07, 6.45) is 4.23. The first kappa shape index (κ1) is 23.4. The summed E-state index contributed by atoms with van der Waals surface area (Å²) in [6, 6.07) is 5.65. The maximum absolute atomic E-state index is 13.2. The highest BCUT2D eigenvalue weighted by Crippen LogP contribution is 2.31. The third-order valence-electron chi connectivity index (χ3n) is 5.84. The molecule has 2 atom stereocenters. The van der Waals surface area contributed by atoms with Crippen molar-refractivity contribution in [1.29, 1.82) is 5.41 Å². The first-order chi connectivity index (χ1) is 15.0. The van der Waals surface area contributed by atoms with Crippen LogP contribution in [0.4, 0.5) is 0 Å². The van der Waals surface area contributed by atoms with Gasteiger partial charge in [0.15, 0.2) is 0 Å². The number of carbonyl (C=O) groups excluding carboxylic acids is 1. The van der Waals surface area contributed by atoms with Crippen LogP contribution in [0.5, 0.6) is 0 Å². The quantitative estimate of drug-likeness (QED) is 0.314. The Labute approximate surface area is 185 Å². The Bertz CT molecular complexity index is 772. The number of aromatic nitrogens is 1. The highest BCUT2D eigenvalue weighted by Gasteiger charge is 2.41. The van der Waals surface area contributed by atoms with Crippen molar-refractivity contribution in [2.24, 2.45) is 0 Å². The number of nitrogens with zero attached hydrogens (tertiary/aromatic N) is 2. The van der Waals surface area contributed by atoms with Gasteiger partial charge >= 0.3 is 0 Å². The van der Waals surface area contributed by atoms with Crippen LogP contribution in [0.1, 0.15) is 38.8 Å². The molecule has 31 heavy (non-hydrogen) atoms. The highest BCUT2D eigenvalue weighted by atomic mass is 16.5. The van der Waals surface area contributed by atoms with E-state index in [-0.39, 0.29) is 18.0 Å². The standard InChI is InChI=1S/C23H36N6O2/c1-16(22(28-12-6-10-25-3)19-7-4-5-11-27-19)21(24)17(2)29(18-8-9-18)23(30)20-15-26-13-14-31-20/h4-5,7,11,17-18,20,24-26,28H,6,8-10,12-15H2,1-3H3/b22-16-,24-21?/t17-,20-/m1/s1. The number of carbonyl (C=O) groups is 1. The number of nitrogens with one attached hydrogen (secondary N) is 4. The van der Waals surface area contributed by atoms with Gasteiger partial charge in [0, 0.05) is 31.9 Å². The van der Waals surface area contributed by atoms with E-state index in [0.29, 0.717) is 18.9 Å². The molecule has 2 fully saturated rings. The first-order valence-corrected chi connectivity index (χ1v) is 11.3. The molecular weight excluding hydrogens is 392 g/mol. The number of rotatable bonds is 11. The fourth-order valence-corrected chi connectivity index (χ4v) is 3.92. The van der Waals surface area contributed by atoms with Gasteiger partial charge in [-0.2, -0.15) is 0 Å². The van der Waals surface area contributed by atoms with Crippen molar-refractivity contribution in [3.05, 3.63) is 35.7 Å². The van der Waals surface area contributed by atoms with E-state index in [9.17, 15) is 4.79 Å². The average molecular weight is 429 g/mol. The largest absolute Gasteiger partial charge is 0.383 e. The summed E-state index contributed by atoms with van der Waals surface area (Å²) in [5.41, 5.74) is 2.92. The fraction of sp³-hybridized carbons (Fsp3) is 0.609. The second kappa shape index (κ2) is 11.4. The molecule has 1 amide bonds. The molecule has 8 nitrogen and oxygen atoms in total. The van der Waals surface area contributed by atoms with Crippen LogP contribution in [0.2, 0.25) is 0 Å². The van der Waals surface area contributed by atoms with Gasteiger partial charge in [-0.25, -0.2) is 0 Å². The Morgan fingerprint density at radius 1 is 1.39 bits per heavy atom. The van der Waals surface area contributed by atoms with Crippen LogP contribution in [0.15, 0.2) is 30.0 Å². The SMILES string of the molecule is CNCCCN/C(=C(/C)C(=N)[C@@H](C)N(C(=O)[C@H]1CNCCO1)C1CC1)c1ccccn1.